The largest absolute Gasteiger partial charge is 0.418 e. The molecule has 6 amide bonds. The van der Waals surface area contributed by atoms with E-state index in [0.717, 1.165) is 22.4 Å². The molecule has 0 spiro atoms. The number of hydrogen-bond donors (Lipinski definition) is 2. The van der Waals surface area contributed by atoms with Gasteiger partial charge in [0.1, 0.15) is 6.04 Å². The number of ether oxygens (including phenoxy) is 5. The van der Waals surface area contributed by atoms with Gasteiger partial charge >= 0.3 is 0 Å². The molecular weight excluding hydrogens is 965 g/mol. The fraction of sp³-hybridized carbons (Fsp3) is 0.600. The van der Waals surface area contributed by atoms with E-state index < -0.39 is 42.3 Å². The summed E-state index contributed by atoms with van der Waals surface area (Å²) in [5.41, 5.74) is 1.73. The Bertz CT molecular complexity index is 2280. The Morgan fingerprint density at radius 2 is 1.44 bits per heavy atom. The van der Waals surface area contributed by atoms with Crippen LogP contribution in [-0.2, 0) is 58.9 Å². The Hall–Kier alpha value is -5.90. The normalized spacial score (nSPS) is 17.5. The molecule has 2 aromatic carbocycles. The van der Waals surface area contributed by atoms with E-state index in [-0.39, 0.29) is 79.3 Å². The van der Waals surface area contributed by atoms with Crippen LogP contribution in [0.3, 0.4) is 0 Å². The van der Waals surface area contributed by atoms with Crippen LogP contribution in [0.4, 0.5) is 0 Å². The zero-order valence-electron chi connectivity index (χ0n) is 45.3. The van der Waals surface area contributed by atoms with Gasteiger partial charge in [0.2, 0.25) is 35.4 Å². The molecule has 1 saturated heterocycles. The molecule has 1 fully saturated rings. The lowest BCUT2D eigenvalue weighted by molar-refractivity contribution is -0.146. The van der Waals surface area contributed by atoms with E-state index >= 15 is 0 Å². The Balaban J connectivity index is 1.11. The number of rotatable bonds is 33. The molecule has 0 saturated carbocycles. The summed E-state index contributed by atoms with van der Waals surface area (Å²) in [5.74, 6) is -1.97. The maximum Gasteiger partial charge on any atom is 0.253 e. The number of imide groups is 1. The Labute approximate surface area is 442 Å². The first-order valence-electron chi connectivity index (χ1n) is 26.2. The van der Waals surface area contributed by atoms with Gasteiger partial charge in [-0.3, -0.25) is 38.6 Å². The van der Waals surface area contributed by atoms with Gasteiger partial charge in [-0.05, 0) is 49.4 Å². The van der Waals surface area contributed by atoms with Gasteiger partial charge in [-0.15, -0.1) is 10.2 Å². The third-order valence-corrected chi connectivity index (χ3v) is 14.1. The number of amides is 6. The average molecular weight is 1050 g/mol. The molecule has 20 nitrogen and oxygen atoms in total. The van der Waals surface area contributed by atoms with Crippen molar-refractivity contribution in [2.24, 2.45) is 17.8 Å². The number of likely N-dealkylation sites (N-methyl/N-ethyl adjacent to an activating group) is 2. The molecule has 3 aromatic rings. The highest BCUT2D eigenvalue weighted by Gasteiger charge is 2.43. The van der Waals surface area contributed by atoms with Crippen LogP contribution in [0, 0.1) is 17.8 Å². The molecule has 0 aliphatic carbocycles. The van der Waals surface area contributed by atoms with Crippen LogP contribution < -0.4 is 10.6 Å². The number of hydrogen-bond acceptors (Lipinski definition) is 15. The maximum atomic E-state index is 14.4. The topological polar surface area (TPSA) is 225 Å². The molecule has 412 valence electrons. The lowest BCUT2D eigenvalue weighted by Crippen LogP contribution is -2.55. The summed E-state index contributed by atoms with van der Waals surface area (Å²) in [7, 11) is 6.62. The SMILES string of the molecule is CCC(C)C(C(CC(=O)N1CCCC1C(OC)C(C)C(=O)NC(Cc1ccccc1)c1nnc(-c2ccccc2)o1)OC)N(C)C(=O)CNC(=O)C(C(C)C)N(C)CCOCCOCCOCCN1C(=O)C=CC1=O. The smallest absolute Gasteiger partial charge is 0.253 e. The molecule has 1 aromatic heterocycles. The van der Waals surface area contributed by atoms with Crippen molar-refractivity contribution in [2.45, 2.75) is 103 Å². The number of carbonyl (C=O) groups is 6. The summed E-state index contributed by atoms with van der Waals surface area (Å²) in [6, 6.07) is 17.1. The number of carbonyl (C=O) groups excluding carboxylic acids is 6. The molecule has 75 heavy (non-hydrogen) atoms. The van der Waals surface area contributed by atoms with Crippen LogP contribution in [0.2, 0.25) is 0 Å². The fourth-order valence-electron chi connectivity index (χ4n) is 9.85. The lowest BCUT2D eigenvalue weighted by atomic mass is 9.90. The standard InChI is InChI=1S/C55H80N8O12/c1-10-38(4)50(61(7)48(67)36-56-53(69)49(37(2)3)60(6)26-28-72-30-32-74-33-31-73-29-27-63-45(64)23-24-46(63)65)44(70-8)35-47(66)62-25-17-22-43(62)51(71-9)39(5)52(68)57-42(34-40-18-13-11-14-19-40)55-59-58-54(75-55)41-20-15-12-16-21-41/h11-16,18-21,23-24,37-39,42-44,49-51H,10,17,22,25-36H2,1-9H3,(H,56,69)(H,57,68). The molecule has 2 aliphatic rings. The summed E-state index contributed by atoms with van der Waals surface area (Å²) >= 11 is 0. The first-order valence-corrected chi connectivity index (χ1v) is 26.2. The van der Waals surface area contributed by atoms with Gasteiger partial charge in [0.05, 0.1) is 95.4 Å². The van der Waals surface area contributed by atoms with Crippen LogP contribution in [0.1, 0.15) is 77.8 Å². The van der Waals surface area contributed by atoms with Crippen LogP contribution in [0.5, 0.6) is 0 Å². The van der Waals surface area contributed by atoms with E-state index in [2.05, 4.69) is 20.8 Å². The fourth-order valence-corrected chi connectivity index (χ4v) is 9.85. The molecule has 8 unspecified atom stereocenters. The van der Waals surface area contributed by atoms with E-state index in [4.69, 9.17) is 28.1 Å². The van der Waals surface area contributed by atoms with E-state index in [1.165, 1.54) is 12.2 Å². The molecule has 0 bridgehead atoms. The second kappa shape index (κ2) is 30.6. The minimum atomic E-state index is -0.680. The Kier molecular flexibility index (Phi) is 24.5. The summed E-state index contributed by atoms with van der Waals surface area (Å²) < 4.78 is 35.0. The minimum absolute atomic E-state index is 0.0167. The number of nitrogens with one attached hydrogen (secondary N) is 2. The highest BCUT2D eigenvalue weighted by Crippen LogP contribution is 2.30. The van der Waals surface area contributed by atoms with Gasteiger partial charge in [-0.2, -0.15) is 0 Å². The molecule has 5 rings (SSSR count). The van der Waals surface area contributed by atoms with Crippen molar-refractivity contribution in [3.05, 3.63) is 84.3 Å². The predicted octanol–water partition coefficient (Wildman–Crippen LogP) is 4.10. The second-order valence-electron chi connectivity index (χ2n) is 19.6. The van der Waals surface area contributed by atoms with Crippen LogP contribution in [0.15, 0.2) is 77.2 Å². The van der Waals surface area contributed by atoms with Crippen molar-refractivity contribution in [3.63, 3.8) is 0 Å². The second-order valence-corrected chi connectivity index (χ2v) is 19.6. The quantitative estimate of drug-likeness (QED) is 0.0647. The summed E-state index contributed by atoms with van der Waals surface area (Å²) in [4.78, 5) is 85.9. The number of aromatic nitrogens is 2. The molecule has 2 aliphatic heterocycles. The molecular formula is C55H80N8O12. The average Bonchev–Trinajstić information content (AvgIpc) is 4.18. The van der Waals surface area contributed by atoms with Crippen molar-refractivity contribution in [1.29, 1.82) is 0 Å². The van der Waals surface area contributed by atoms with Gasteiger partial charge in [-0.25, -0.2) is 0 Å². The van der Waals surface area contributed by atoms with Crippen LogP contribution >= 0.6 is 0 Å². The molecule has 20 heteroatoms. The highest BCUT2D eigenvalue weighted by atomic mass is 16.5. The summed E-state index contributed by atoms with van der Waals surface area (Å²) in [5, 5.41) is 14.7. The zero-order valence-corrected chi connectivity index (χ0v) is 45.3. The third kappa shape index (κ3) is 17.3. The van der Waals surface area contributed by atoms with Gasteiger partial charge in [-0.1, -0.05) is 89.6 Å². The maximum absolute atomic E-state index is 14.4. The number of likely N-dealkylation sites (tertiary alicyclic amines) is 1. The number of benzene rings is 2. The minimum Gasteiger partial charge on any atom is -0.418 e. The van der Waals surface area contributed by atoms with E-state index in [1.807, 2.05) is 100 Å². The van der Waals surface area contributed by atoms with Crippen molar-refractivity contribution < 1.29 is 56.9 Å². The summed E-state index contributed by atoms with van der Waals surface area (Å²) in [6.45, 7) is 12.5. The van der Waals surface area contributed by atoms with Gasteiger partial charge in [0, 0.05) is 58.5 Å². The first-order chi connectivity index (χ1) is 36.1. The Morgan fingerprint density at radius 1 is 0.813 bits per heavy atom. The Morgan fingerprint density at radius 3 is 2.05 bits per heavy atom. The summed E-state index contributed by atoms with van der Waals surface area (Å²) in [6.07, 6.45) is 3.60. The van der Waals surface area contributed by atoms with Gasteiger partial charge < -0.3 is 48.5 Å². The third-order valence-electron chi connectivity index (χ3n) is 14.1. The monoisotopic (exact) mass is 1040 g/mol. The highest BCUT2D eigenvalue weighted by molar-refractivity contribution is 6.12. The van der Waals surface area contributed by atoms with Crippen LogP contribution in [-0.4, -0.2) is 190 Å². The molecule has 0 radical (unpaired) electrons. The van der Waals surface area contributed by atoms with Crippen molar-refractivity contribution >= 4 is 35.4 Å². The van der Waals surface area contributed by atoms with Gasteiger partial charge in [0.15, 0.2) is 0 Å². The number of methoxy groups -OCH3 is 2. The number of nitrogens with zero attached hydrogens (tertiary/aromatic N) is 6. The van der Waals surface area contributed by atoms with Crippen LogP contribution in [0.25, 0.3) is 11.5 Å². The molecule has 3 heterocycles. The molecule has 8 atom stereocenters. The van der Waals surface area contributed by atoms with Crippen molar-refractivity contribution in [2.75, 3.05) is 94.1 Å². The van der Waals surface area contributed by atoms with Crippen molar-refractivity contribution in [1.82, 2.24) is 40.4 Å². The van der Waals surface area contributed by atoms with E-state index in [0.29, 0.717) is 71.3 Å². The van der Waals surface area contributed by atoms with E-state index in [1.54, 1.807) is 38.0 Å². The van der Waals surface area contributed by atoms with Crippen molar-refractivity contribution in [3.8, 4) is 11.5 Å². The predicted molar refractivity (Wildman–Crippen MR) is 279 cm³/mol. The van der Waals surface area contributed by atoms with E-state index in [9.17, 15) is 28.8 Å². The van der Waals surface area contributed by atoms with Gasteiger partial charge in [0.25, 0.3) is 11.8 Å². The lowest BCUT2D eigenvalue weighted by Gasteiger charge is -2.39. The zero-order chi connectivity index (χ0) is 54.4. The first kappa shape index (κ1) is 60.0. The molecule has 2 N–H and O–H groups in total.